The number of hydrogen-bond donors (Lipinski definition) is 1. The van der Waals surface area contributed by atoms with Crippen molar-refractivity contribution in [3.8, 4) is 17.0 Å². The Morgan fingerprint density at radius 3 is 2.96 bits per heavy atom. The Morgan fingerprint density at radius 1 is 1.48 bits per heavy atom. The third-order valence-electron chi connectivity index (χ3n) is 3.57. The molecule has 0 saturated heterocycles. The number of nitrogens with one attached hydrogen (secondary N) is 1. The highest BCUT2D eigenvalue weighted by Crippen LogP contribution is 2.38. The number of carbonyl (C=O) groups excluding carboxylic acids is 2. The molecule has 1 aliphatic rings. The van der Waals surface area contributed by atoms with Crippen LogP contribution in [-0.4, -0.2) is 29.9 Å². The molecule has 7 heteroatoms. The van der Waals surface area contributed by atoms with Crippen LogP contribution in [0.2, 0.25) is 0 Å². The van der Waals surface area contributed by atoms with Crippen molar-refractivity contribution >= 4 is 34.0 Å². The zero-order chi connectivity index (χ0) is 16.6. The Hall–Kier alpha value is -2.41. The second-order valence-electron chi connectivity index (χ2n) is 5.21. The summed E-state index contributed by atoms with van der Waals surface area (Å²) >= 11 is 1.43. The fourth-order valence-corrected chi connectivity index (χ4v) is 3.45. The number of thiazole rings is 1. The first kappa shape index (κ1) is 15.5. The van der Waals surface area contributed by atoms with Crippen LogP contribution in [0.3, 0.4) is 0 Å². The smallest absolute Gasteiger partial charge is 0.265 e. The van der Waals surface area contributed by atoms with Crippen molar-refractivity contribution in [1.82, 2.24) is 4.98 Å². The average molecular weight is 331 g/mol. The molecule has 0 spiro atoms. The van der Waals surface area contributed by atoms with E-state index in [1.54, 1.807) is 4.90 Å². The molecule has 6 nitrogen and oxygen atoms in total. The van der Waals surface area contributed by atoms with E-state index in [4.69, 9.17) is 4.74 Å². The summed E-state index contributed by atoms with van der Waals surface area (Å²) in [5.74, 6) is 0.503. The zero-order valence-electron chi connectivity index (χ0n) is 13.2. The van der Waals surface area contributed by atoms with Gasteiger partial charge in [-0.3, -0.25) is 9.59 Å². The first-order valence-corrected chi connectivity index (χ1v) is 8.14. The fraction of sp³-hybridized carbons (Fsp3) is 0.312. The molecule has 0 saturated carbocycles. The molecule has 0 bridgehead atoms. The average Bonchev–Trinajstić information content (AvgIpc) is 2.86. The molecule has 3 rings (SSSR count). The minimum Gasteiger partial charge on any atom is -0.482 e. The summed E-state index contributed by atoms with van der Waals surface area (Å²) in [4.78, 5) is 30.3. The van der Waals surface area contributed by atoms with E-state index in [0.29, 0.717) is 17.4 Å². The van der Waals surface area contributed by atoms with E-state index in [2.05, 4.69) is 10.3 Å². The molecule has 120 valence electrons. The molecule has 1 aromatic carbocycles. The van der Waals surface area contributed by atoms with Crippen LogP contribution < -0.4 is 15.0 Å². The lowest BCUT2D eigenvalue weighted by Crippen LogP contribution is -2.38. The minimum absolute atomic E-state index is 0.0499. The van der Waals surface area contributed by atoms with Gasteiger partial charge in [-0.05, 0) is 32.0 Å². The largest absolute Gasteiger partial charge is 0.482 e. The lowest BCUT2D eigenvalue weighted by molar-refractivity contribution is -0.121. The van der Waals surface area contributed by atoms with Crippen LogP contribution in [0, 0.1) is 6.92 Å². The maximum Gasteiger partial charge on any atom is 0.265 e. The van der Waals surface area contributed by atoms with Gasteiger partial charge in [0, 0.05) is 23.9 Å². The third kappa shape index (κ3) is 2.92. The van der Waals surface area contributed by atoms with Crippen molar-refractivity contribution in [2.24, 2.45) is 0 Å². The van der Waals surface area contributed by atoms with E-state index in [1.165, 1.54) is 18.3 Å². The van der Waals surface area contributed by atoms with Gasteiger partial charge in [0.2, 0.25) is 5.91 Å². The van der Waals surface area contributed by atoms with E-state index >= 15 is 0 Å². The zero-order valence-corrected chi connectivity index (χ0v) is 14.0. The number of benzene rings is 1. The lowest BCUT2D eigenvalue weighted by Gasteiger charge is -2.28. The summed E-state index contributed by atoms with van der Waals surface area (Å²) in [6, 6.07) is 5.69. The molecular formula is C16H17N3O3S. The Labute approximate surface area is 138 Å². The Balaban J connectivity index is 2.02. The molecule has 0 atom stereocenters. The number of anilines is 2. The van der Waals surface area contributed by atoms with Gasteiger partial charge in [-0.15, -0.1) is 11.3 Å². The van der Waals surface area contributed by atoms with Crippen LogP contribution in [0.25, 0.3) is 11.3 Å². The van der Waals surface area contributed by atoms with Crippen LogP contribution in [0.4, 0.5) is 10.8 Å². The molecule has 23 heavy (non-hydrogen) atoms. The van der Waals surface area contributed by atoms with Gasteiger partial charge >= 0.3 is 0 Å². The highest BCUT2D eigenvalue weighted by molar-refractivity contribution is 7.16. The van der Waals surface area contributed by atoms with Crippen LogP contribution in [-0.2, 0) is 9.59 Å². The van der Waals surface area contributed by atoms with Crippen molar-refractivity contribution in [3.63, 3.8) is 0 Å². The van der Waals surface area contributed by atoms with E-state index in [1.807, 2.05) is 32.0 Å². The number of nitrogens with zero attached hydrogens (tertiary/aromatic N) is 2. The topological polar surface area (TPSA) is 71.5 Å². The predicted octanol–water partition coefficient (Wildman–Crippen LogP) is 2.82. The first-order chi connectivity index (χ1) is 11.0. The summed E-state index contributed by atoms with van der Waals surface area (Å²) in [5.41, 5.74) is 2.45. The van der Waals surface area contributed by atoms with Gasteiger partial charge < -0.3 is 15.0 Å². The number of carbonyl (C=O) groups is 2. The maximum atomic E-state index is 12.0. The van der Waals surface area contributed by atoms with Crippen LogP contribution in [0.15, 0.2) is 18.2 Å². The van der Waals surface area contributed by atoms with Crippen molar-refractivity contribution < 1.29 is 14.3 Å². The van der Waals surface area contributed by atoms with Gasteiger partial charge in [0.15, 0.2) is 11.7 Å². The predicted molar refractivity (Wildman–Crippen MR) is 90.1 cm³/mol. The molecule has 2 amide bonds. The molecule has 2 heterocycles. The minimum atomic E-state index is -0.146. The summed E-state index contributed by atoms with van der Waals surface area (Å²) in [7, 11) is 0. The number of ether oxygens (including phenoxy) is 1. The van der Waals surface area contributed by atoms with Gasteiger partial charge in [0.25, 0.3) is 5.91 Å². The number of likely N-dealkylation sites (N-methyl/N-ethyl adjacent to an activating group) is 1. The summed E-state index contributed by atoms with van der Waals surface area (Å²) in [5, 5.41) is 3.28. The second-order valence-corrected chi connectivity index (χ2v) is 6.42. The maximum absolute atomic E-state index is 12.0. The molecule has 0 aliphatic carbocycles. The molecular weight excluding hydrogens is 314 g/mol. The van der Waals surface area contributed by atoms with Crippen LogP contribution >= 0.6 is 11.3 Å². The summed E-state index contributed by atoms with van der Waals surface area (Å²) in [6.45, 7) is 6.01. The van der Waals surface area contributed by atoms with Crippen molar-refractivity contribution in [3.05, 3.63) is 23.1 Å². The summed E-state index contributed by atoms with van der Waals surface area (Å²) in [6.07, 6.45) is 0. The monoisotopic (exact) mass is 331 g/mol. The first-order valence-electron chi connectivity index (χ1n) is 7.32. The Morgan fingerprint density at radius 2 is 2.26 bits per heavy atom. The van der Waals surface area contributed by atoms with Gasteiger partial charge in [-0.25, -0.2) is 4.98 Å². The van der Waals surface area contributed by atoms with Crippen LogP contribution in [0.1, 0.15) is 18.7 Å². The van der Waals surface area contributed by atoms with Gasteiger partial charge in [-0.1, -0.05) is 0 Å². The third-order valence-corrected chi connectivity index (χ3v) is 4.46. The fourth-order valence-electron chi connectivity index (χ4n) is 2.56. The van der Waals surface area contributed by atoms with E-state index in [-0.39, 0.29) is 18.4 Å². The van der Waals surface area contributed by atoms with Gasteiger partial charge in [0.05, 0.1) is 11.4 Å². The quantitative estimate of drug-likeness (QED) is 0.939. The molecule has 1 aromatic heterocycles. The molecule has 0 unspecified atom stereocenters. The molecule has 0 radical (unpaired) electrons. The van der Waals surface area contributed by atoms with E-state index < -0.39 is 0 Å². The standard InChI is InChI=1S/C16H17N3O3S/c1-4-19-12-7-11(5-6-13(12)22-8-14(19)21)15-9(2)23-16(18-15)17-10(3)20/h5-7H,4,8H2,1-3H3,(H,17,18,20). The molecule has 2 aromatic rings. The van der Waals surface area contributed by atoms with Crippen molar-refractivity contribution in [2.45, 2.75) is 20.8 Å². The number of hydrogen-bond acceptors (Lipinski definition) is 5. The Bertz CT molecular complexity index is 785. The molecule has 1 N–H and O–H groups in total. The van der Waals surface area contributed by atoms with E-state index in [9.17, 15) is 9.59 Å². The normalized spacial score (nSPS) is 13.5. The number of amides is 2. The van der Waals surface area contributed by atoms with E-state index in [0.717, 1.165) is 21.8 Å². The Kier molecular flexibility index (Phi) is 4.04. The molecule has 0 fully saturated rings. The number of fused-ring (bicyclic) bond motifs is 1. The van der Waals surface area contributed by atoms with Gasteiger partial charge in [-0.2, -0.15) is 0 Å². The number of aryl methyl sites for hydroxylation is 1. The summed E-state index contributed by atoms with van der Waals surface area (Å²) < 4.78 is 5.48. The SMILES string of the molecule is CCN1C(=O)COc2ccc(-c3nc(NC(C)=O)sc3C)cc21. The lowest BCUT2D eigenvalue weighted by atomic mass is 10.1. The number of rotatable bonds is 3. The highest BCUT2D eigenvalue weighted by Gasteiger charge is 2.25. The highest BCUT2D eigenvalue weighted by atomic mass is 32.1. The molecule has 1 aliphatic heterocycles. The number of aromatic nitrogens is 1. The van der Waals surface area contributed by atoms with Gasteiger partial charge in [0.1, 0.15) is 5.75 Å². The van der Waals surface area contributed by atoms with Crippen LogP contribution in [0.5, 0.6) is 5.75 Å². The second kappa shape index (κ2) is 6.00. The van der Waals surface area contributed by atoms with Crippen molar-refractivity contribution in [2.75, 3.05) is 23.4 Å². The van der Waals surface area contributed by atoms with Crippen molar-refractivity contribution in [1.29, 1.82) is 0 Å².